The van der Waals surface area contributed by atoms with Crippen molar-refractivity contribution in [2.75, 3.05) is 26.2 Å². The number of hydrogen-bond donors (Lipinski definition) is 2. The number of nitrogens with zero attached hydrogens (tertiary/aromatic N) is 1. The van der Waals surface area contributed by atoms with Crippen LogP contribution in [0.4, 0.5) is 22.0 Å². The van der Waals surface area contributed by atoms with Crippen LogP contribution in [0, 0.1) is 5.92 Å². The van der Waals surface area contributed by atoms with Crippen LogP contribution in [0.2, 0.25) is 0 Å². The summed E-state index contributed by atoms with van der Waals surface area (Å²) in [5.41, 5.74) is 0. The van der Waals surface area contributed by atoms with Crippen LogP contribution in [0.1, 0.15) is 19.3 Å². The van der Waals surface area contributed by atoms with E-state index in [0.29, 0.717) is 12.8 Å². The fraction of sp³-hybridized carbons (Fsp3) is 0.846. The monoisotopic (exact) mass is 343 g/mol. The molecule has 2 fully saturated rings. The van der Waals surface area contributed by atoms with Gasteiger partial charge < -0.3 is 10.2 Å². The van der Waals surface area contributed by atoms with Crippen LogP contribution in [0.15, 0.2) is 0 Å². The van der Waals surface area contributed by atoms with E-state index in [1.807, 2.05) is 0 Å². The van der Waals surface area contributed by atoms with Crippen LogP contribution in [0.25, 0.3) is 0 Å². The molecule has 2 aliphatic rings. The van der Waals surface area contributed by atoms with Gasteiger partial charge in [0.15, 0.2) is 0 Å². The van der Waals surface area contributed by atoms with Gasteiger partial charge in [-0.15, -0.1) is 0 Å². The molecule has 0 aliphatic carbocycles. The number of nitrogens with one attached hydrogen (secondary N) is 2. The lowest BCUT2D eigenvalue weighted by Crippen LogP contribution is -2.48. The second-order valence-electron chi connectivity index (χ2n) is 5.97. The molecular formula is C13H18F5N3O2. The molecule has 0 saturated carbocycles. The van der Waals surface area contributed by atoms with Gasteiger partial charge in [-0.1, -0.05) is 0 Å². The van der Waals surface area contributed by atoms with E-state index in [1.54, 1.807) is 0 Å². The Bertz CT molecular complexity index is 461. The normalized spacial score (nSPS) is 25.4. The number of rotatable bonds is 3. The summed E-state index contributed by atoms with van der Waals surface area (Å²) in [5.74, 6) is -5.35. The van der Waals surface area contributed by atoms with E-state index in [9.17, 15) is 31.5 Å². The number of carbonyl (C=O) groups excluding carboxylic acids is 2. The van der Waals surface area contributed by atoms with Gasteiger partial charge in [-0.05, 0) is 18.8 Å². The molecule has 0 aromatic carbocycles. The maximum absolute atomic E-state index is 13.0. The first-order valence-electron chi connectivity index (χ1n) is 7.33. The minimum absolute atomic E-state index is 0.0291. The summed E-state index contributed by atoms with van der Waals surface area (Å²) in [6.45, 7) is -0.392. The van der Waals surface area contributed by atoms with Crippen molar-refractivity contribution in [2.24, 2.45) is 5.92 Å². The molecule has 10 heteroatoms. The molecule has 2 heterocycles. The van der Waals surface area contributed by atoms with Crippen LogP contribution in [0.3, 0.4) is 0 Å². The molecule has 23 heavy (non-hydrogen) atoms. The largest absolute Gasteiger partial charge is 0.471 e. The third-order valence-electron chi connectivity index (χ3n) is 4.14. The molecule has 2 amide bonds. The summed E-state index contributed by atoms with van der Waals surface area (Å²) in [4.78, 5) is 23.6. The third kappa shape index (κ3) is 4.76. The van der Waals surface area contributed by atoms with Crippen LogP contribution in [0.5, 0.6) is 0 Å². The number of carbonyl (C=O) groups is 2. The summed E-state index contributed by atoms with van der Waals surface area (Å²) in [5, 5.41) is 4.98. The van der Waals surface area contributed by atoms with E-state index in [-0.39, 0.29) is 25.6 Å². The van der Waals surface area contributed by atoms with Crippen molar-refractivity contribution in [3.05, 3.63) is 0 Å². The molecule has 5 nitrogen and oxygen atoms in total. The summed E-state index contributed by atoms with van der Waals surface area (Å²) >= 11 is 0. The molecule has 2 N–H and O–H groups in total. The van der Waals surface area contributed by atoms with E-state index in [2.05, 4.69) is 10.6 Å². The van der Waals surface area contributed by atoms with Crippen molar-refractivity contribution in [1.82, 2.24) is 15.5 Å². The van der Waals surface area contributed by atoms with E-state index in [1.165, 1.54) is 0 Å². The molecule has 0 radical (unpaired) electrons. The van der Waals surface area contributed by atoms with Crippen molar-refractivity contribution in [1.29, 1.82) is 0 Å². The lowest BCUT2D eigenvalue weighted by atomic mass is 9.96. The third-order valence-corrected chi connectivity index (χ3v) is 4.14. The predicted molar refractivity (Wildman–Crippen MR) is 69.7 cm³/mol. The highest BCUT2D eigenvalue weighted by molar-refractivity contribution is 5.82. The van der Waals surface area contributed by atoms with Gasteiger partial charge in [-0.25, -0.2) is 8.78 Å². The maximum Gasteiger partial charge on any atom is 0.471 e. The summed E-state index contributed by atoms with van der Waals surface area (Å²) in [6.07, 6.45) is -4.77. The Labute approximate surface area is 129 Å². The van der Waals surface area contributed by atoms with E-state index < -0.39 is 42.9 Å². The highest BCUT2D eigenvalue weighted by Gasteiger charge is 2.44. The van der Waals surface area contributed by atoms with Crippen LogP contribution < -0.4 is 10.6 Å². The summed E-state index contributed by atoms with van der Waals surface area (Å²) in [6, 6.07) is -0.947. The minimum Gasteiger partial charge on any atom is -0.354 e. The van der Waals surface area contributed by atoms with Gasteiger partial charge in [-0.2, -0.15) is 13.2 Å². The van der Waals surface area contributed by atoms with Gasteiger partial charge in [0.25, 0.3) is 5.92 Å². The van der Waals surface area contributed by atoms with Gasteiger partial charge >= 0.3 is 12.1 Å². The molecular weight excluding hydrogens is 325 g/mol. The Morgan fingerprint density at radius 1 is 1.22 bits per heavy atom. The van der Waals surface area contributed by atoms with E-state index >= 15 is 0 Å². The van der Waals surface area contributed by atoms with E-state index in [0.717, 1.165) is 4.90 Å². The quantitative estimate of drug-likeness (QED) is 0.749. The summed E-state index contributed by atoms with van der Waals surface area (Å²) < 4.78 is 62.9. The molecule has 0 aromatic heterocycles. The Hall–Kier alpha value is -1.45. The van der Waals surface area contributed by atoms with Gasteiger partial charge in [0, 0.05) is 26.1 Å². The average molecular weight is 343 g/mol. The van der Waals surface area contributed by atoms with E-state index in [4.69, 9.17) is 0 Å². The molecule has 2 saturated heterocycles. The first-order valence-corrected chi connectivity index (χ1v) is 7.33. The number of alkyl halides is 5. The molecule has 2 aliphatic heterocycles. The Morgan fingerprint density at radius 2 is 1.83 bits per heavy atom. The first kappa shape index (κ1) is 17.9. The fourth-order valence-electron chi connectivity index (χ4n) is 2.79. The van der Waals surface area contributed by atoms with Crippen LogP contribution in [-0.4, -0.2) is 61.0 Å². The molecule has 0 aromatic rings. The predicted octanol–water partition coefficient (Wildman–Crippen LogP) is 0.901. The standard InChI is InChI=1S/C13H18F5N3O2/c14-12(15)5-9(20-7-12)10(22)19-6-8-1-3-21(4-2-8)11(23)13(16,17)18/h8-9,20H,1-7H2,(H,19,22). The highest BCUT2D eigenvalue weighted by atomic mass is 19.4. The van der Waals surface area contributed by atoms with Crippen LogP contribution in [-0.2, 0) is 9.59 Å². The van der Waals surface area contributed by atoms with Gasteiger partial charge in [0.05, 0.1) is 12.6 Å². The van der Waals surface area contributed by atoms with Crippen molar-refractivity contribution >= 4 is 11.8 Å². The van der Waals surface area contributed by atoms with Crippen molar-refractivity contribution < 1.29 is 31.5 Å². The lowest BCUT2D eigenvalue weighted by Gasteiger charge is -2.32. The molecule has 2 rings (SSSR count). The lowest BCUT2D eigenvalue weighted by molar-refractivity contribution is -0.186. The molecule has 1 atom stereocenters. The van der Waals surface area contributed by atoms with Crippen LogP contribution >= 0.6 is 0 Å². The Morgan fingerprint density at radius 3 is 2.30 bits per heavy atom. The summed E-state index contributed by atoms with van der Waals surface area (Å²) in [7, 11) is 0. The smallest absolute Gasteiger partial charge is 0.354 e. The topological polar surface area (TPSA) is 61.4 Å². The van der Waals surface area contributed by atoms with Crippen molar-refractivity contribution in [3.63, 3.8) is 0 Å². The number of likely N-dealkylation sites (tertiary alicyclic amines) is 1. The van der Waals surface area contributed by atoms with Crippen molar-refractivity contribution in [3.8, 4) is 0 Å². The average Bonchev–Trinajstić information content (AvgIpc) is 2.84. The van der Waals surface area contributed by atoms with Gasteiger partial charge in [0.2, 0.25) is 5.91 Å². The zero-order chi connectivity index (χ0) is 17.3. The zero-order valence-electron chi connectivity index (χ0n) is 12.3. The second kappa shape index (κ2) is 6.58. The maximum atomic E-state index is 13.0. The highest BCUT2D eigenvalue weighted by Crippen LogP contribution is 2.26. The minimum atomic E-state index is -4.87. The Balaban J connectivity index is 1.71. The number of piperidine rings is 1. The molecule has 1 unspecified atom stereocenters. The molecule has 132 valence electrons. The SMILES string of the molecule is O=C(NCC1CCN(C(=O)C(F)(F)F)CC1)C1CC(F)(F)CN1. The number of halogens is 5. The second-order valence-corrected chi connectivity index (χ2v) is 5.97. The first-order chi connectivity index (χ1) is 10.6. The molecule has 0 spiro atoms. The zero-order valence-corrected chi connectivity index (χ0v) is 12.3. The van der Waals surface area contributed by atoms with Gasteiger partial charge in [-0.3, -0.25) is 14.9 Å². The van der Waals surface area contributed by atoms with Crippen molar-refractivity contribution in [2.45, 2.75) is 37.4 Å². The number of hydrogen-bond acceptors (Lipinski definition) is 3. The number of amides is 2. The van der Waals surface area contributed by atoms with Gasteiger partial charge in [0.1, 0.15) is 0 Å². The Kier molecular flexibility index (Phi) is 5.12. The molecule has 0 bridgehead atoms. The fourth-order valence-corrected chi connectivity index (χ4v) is 2.79.